The van der Waals surface area contributed by atoms with Gasteiger partial charge in [-0.2, -0.15) is 0 Å². The van der Waals surface area contributed by atoms with E-state index in [0.29, 0.717) is 12.8 Å². The lowest BCUT2D eigenvalue weighted by Crippen LogP contribution is -2.45. The van der Waals surface area contributed by atoms with Crippen LogP contribution in [0, 0.1) is 0 Å². The van der Waals surface area contributed by atoms with Crippen LogP contribution in [0.2, 0.25) is 0 Å². The zero-order chi connectivity index (χ0) is 12.4. The number of para-hydroxylation sites is 1. The minimum Gasteiger partial charge on any atom is -0.302 e. The molecule has 0 fully saturated rings. The fourth-order valence-electron chi connectivity index (χ4n) is 2.32. The smallest absolute Gasteiger partial charge is 0.227 e. The van der Waals surface area contributed by atoms with Crippen molar-refractivity contribution in [2.24, 2.45) is 0 Å². The van der Waals surface area contributed by atoms with Crippen molar-refractivity contribution >= 4 is 17.4 Å². The highest BCUT2D eigenvalue weighted by molar-refractivity contribution is 6.03. The molecular weight excluding hydrogens is 214 g/mol. The van der Waals surface area contributed by atoms with Crippen LogP contribution in [0.3, 0.4) is 0 Å². The largest absolute Gasteiger partial charge is 0.302 e. The second kappa shape index (κ2) is 4.70. The van der Waals surface area contributed by atoms with Crippen molar-refractivity contribution in [3.05, 3.63) is 29.8 Å². The lowest BCUT2D eigenvalue weighted by atomic mass is 9.98. The number of ketones is 1. The first-order chi connectivity index (χ1) is 8.15. The maximum absolute atomic E-state index is 12.0. The summed E-state index contributed by atoms with van der Waals surface area (Å²) in [5.74, 6) is 0.160. The van der Waals surface area contributed by atoms with E-state index in [1.54, 1.807) is 4.90 Å². The molecule has 0 aliphatic carbocycles. The van der Waals surface area contributed by atoms with E-state index in [4.69, 9.17) is 0 Å². The summed E-state index contributed by atoms with van der Waals surface area (Å²) in [5, 5.41) is 0. The number of amides is 1. The van der Waals surface area contributed by atoms with Crippen molar-refractivity contribution in [1.82, 2.24) is 0 Å². The second-order valence-corrected chi connectivity index (χ2v) is 4.39. The minimum absolute atomic E-state index is 0.0537. The van der Waals surface area contributed by atoms with Crippen LogP contribution in [0.5, 0.6) is 0 Å². The van der Waals surface area contributed by atoms with Crippen LogP contribution in [-0.2, 0) is 16.0 Å². The number of aryl methyl sites for hydroxylation is 1. The lowest BCUT2D eigenvalue weighted by molar-refractivity contribution is -0.124. The van der Waals surface area contributed by atoms with Crippen LogP contribution >= 0.6 is 0 Å². The first-order valence-electron chi connectivity index (χ1n) is 6.07. The molecule has 1 aliphatic rings. The van der Waals surface area contributed by atoms with Crippen molar-refractivity contribution in [1.29, 1.82) is 0 Å². The Hall–Kier alpha value is -1.64. The number of benzene rings is 1. The Balaban J connectivity index is 2.39. The van der Waals surface area contributed by atoms with Crippen LogP contribution in [0.25, 0.3) is 0 Å². The molecule has 1 aromatic rings. The number of nitrogens with zero attached hydrogens (tertiary/aromatic N) is 1. The summed E-state index contributed by atoms with van der Waals surface area (Å²) in [6, 6.07) is 7.48. The highest BCUT2D eigenvalue weighted by atomic mass is 16.2. The maximum Gasteiger partial charge on any atom is 0.227 e. The predicted molar refractivity (Wildman–Crippen MR) is 67.0 cm³/mol. The van der Waals surface area contributed by atoms with E-state index in [9.17, 15) is 9.59 Å². The zero-order valence-corrected chi connectivity index (χ0v) is 10.3. The molecular formula is C14H17NO2. The molecule has 2 rings (SSSR count). The Morgan fingerprint density at radius 3 is 2.76 bits per heavy atom. The molecule has 3 nitrogen and oxygen atoms in total. The summed E-state index contributed by atoms with van der Waals surface area (Å²) in [4.78, 5) is 25.4. The van der Waals surface area contributed by atoms with Crippen molar-refractivity contribution in [3.8, 4) is 0 Å². The zero-order valence-electron chi connectivity index (χ0n) is 10.3. The van der Waals surface area contributed by atoms with Gasteiger partial charge in [-0.25, -0.2) is 0 Å². The van der Waals surface area contributed by atoms with Crippen molar-refractivity contribution in [2.45, 2.75) is 39.2 Å². The van der Waals surface area contributed by atoms with Crippen LogP contribution in [0.1, 0.15) is 32.3 Å². The van der Waals surface area contributed by atoms with E-state index in [0.717, 1.165) is 17.7 Å². The minimum atomic E-state index is -0.353. The molecule has 0 saturated heterocycles. The number of anilines is 1. The van der Waals surface area contributed by atoms with E-state index < -0.39 is 0 Å². The number of rotatable bonds is 3. The molecule has 0 saturated carbocycles. The van der Waals surface area contributed by atoms with E-state index in [-0.39, 0.29) is 17.7 Å². The summed E-state index contributed by atoms with van der Waals surface area (Å²) < 4.78 is 0. The summed E-state index contributed by atoms with van der Waals surface area (Å²) in [6.45, 7) is 3.64. The monoisotopic (exact) mass is 231 g/mol. The first-order valence-corrected chi connectivity index (χ1v) is 6.07. The van der Waals surface area contributed by atoms with Gasteiger partial charge in [0.25, 0.3) is 0 Å². The van der Waals surface area contributed by atoms with Crippen molar-refractivity contribution in [2.75, 3.05) is 4.90 Å². The molecule has 0 spiro atoms. The summed E-state index contributed by atoms with van der Waals surface area (Å²) in [5.41, 5.74) is 2.06. The average molecular weight is 231 g/mol. The van der Waals surface area contributed by atoms with Gasteiger partial charge in [0.15, 0.2) is 5.78 Å². The molecule has 0 radical (unpaired) electrons. The quantitative estimate of drug-likeness (QED) is 0.800. The molecule has 0 bridgehead atoms. The first kappa shape index (κ1) is 11.8. The van der Waals surface area contributed by atoms with Gasteiger partial charge in [-0.3, -0.25) is 9.59 Å². The molecule has 0 N–H and O–H groups in total. The molecule has 1 unspecified atom stereocenters. The van der Waals surface area contributed by atoms with Gasteiger partial charge in [0, 0.05) is 18.5 Å². The topological polar surface area (TPSA) is 37.4 Å². The third-order valence-corrected chi connectivity index (χ3v) is 3.33. The SMILES string of the molecule is CCC(=O)C(C)N1C(=O)CCc2ccccc21. The summed E-state index contributed by atoms with van der Waals surface area (Å²) in [6.07, 6.45) is 1.74. The number of hydrogen-bond acceptors (Lipinski definition) is 2. The van der Waals surface area contributed by atoms with E-state index in [2.05, 4.69) is 0 Å². The third-order valence-electron chi connectivity index (χ3n) is 3.33. The van der Waals surface area contributed by atoms with Gasteiger partial charge in [0.1, 0.15) is 0 Å². The highest BCUT2D eigenvalue weighted by Gasteiger charge is 2.30. The second-order valence-electron chi connectivity index (χ2n) is 4.39. The van der Waals surface area contributed by atoms with Crippen LogP contribution < -0.4 is 4.90 Å². The maximum atomic E-state index is 12.0. The Kier molecular flexibility index (Phi) is 3.27. The third kappa shape index (κ3) is 2.09. The highest BCUT2D eigenvalue weighted by Crippen LogP contribution is 2.29. The summed E-state index contributed by atoms with van der Waals surface area (Å²) in [7, 11) is 0. The van der Waals surface area contributed by atoms with Crippen molar-refractivity contribution in [3.63, 3.8) is 0 Å². The molecule has 0 aromatic heterocycles. The predicted octanol–water partition coefficient (Wildman–Crippen LogP) is 2.33. The van der Waals surface area contributed by atoms with Crippen molar-refractivity contribution < 1.29 is 9.59 Å². The normalized spacial score (nSPS) is 16.6. The Morgan fingerprint density at radius 2 is 2.06 bits per heavy atom. The molecule has 1 atom stereocenters. The van der Waals surface area contributed by atoms with Gasteiger partial charge in [-0.05, 0) is 25.0 Å². The van der Waals surface area contributed by atoms with Gasteiger partial charge in [-0.1, -0.05) is 25.1 Å². The molecule has 1 aliphatic heterocycles. The standard InChI is InChI=1S/C14H17NO2/c1-3-13(16)10(2)15-12-7-5-4-6-11(12)8-9-14(15)17/h4-7,10H,3,8-9H2,1-2H3. The number of carbonyl (C=O) groups is 2. The number of hydrogen-bond donors (Lipinski definition) is 0. The molecule has 1 heterocycles. The van der Waals surface area contributed by atoms with Gasteiger partial charge in [0.05, 0.1) is 6.04 Å². The fraction of sp³-hybridized carbons (Fsp3) is 0.429. The Bertz CT molecular complexity index is 453. The molecule has 1 aromatic carbocycles. The fourth-order valence-corrected chi connectivity index (χ4v) is 2.32. The van der Waals surface area contributed by atoms with Crippen LogP contribution in [0.15, 0.2) is 24.3 Å². The van der Waals surface area contributed by atoms with Gasteiger partial charge >= 0.3 is 0 Å². The number of Topliss-reactive ketones (excluding diaryl/α,β-unsaturated/α-hetero) is 1. The number of fused-ring (bicyclic) bond motifs is 1. The van der Waals surface area contributed by atoms with Gasteiger partial charge in [-0.15, -0.1) is 0 Å². The van der Waals surface area contributed by atoms with E-state index >= 15 is 0 Å². The Labute approximate surface area is 101 Å². The van der Waals surface area contributed by atoms with Gasteiger partial charge < -0.3 is 4.90 Å². The molecule has 1 amide bonds. The number of carbonyl (C=O) groups excluding carboxylic acids is 2. The van der Waals surface area contributed by atoms with E-state index in [1.807, 2.05) is 38.1 Å². The average Bonchev–Trinajstić information content (AvgIpc) is 2.37. The molecule has 17 heavy (non-hydrogen) atoms. The lowest BCUT2D eigenvalue weighted by Gasteiger charge is -2.33. The Morgan fingerprint density at radius 1 is 1.35 bits per heavy atom. The molecule has 90 valence electrons. The van der Waals surface area contributed by atoms with E-state index in [1.165, 1.54) is 0 Å². The summed E-state index contributed by atoms with van der Waals surface area (Å²) >= 11 is 0. The molecule has 3 heteroatoms. The van der Waals surface area contributed by atoms with Gasteiger partial charge in [0.2, 0.25) is 5.91 Å². The van der Waals surface area contributed by atoms with Crippen LogP contribution in [0.4, 0.5) is 5.69 Å². The van der Waals surface area contributed by atoms with Crippen LogP contribution in [-0.4, -0.2) is 17.7 Å².